The average molecular weight is 685 g/mol. The number of fused-ring (bicyclic) bond motifs is 3. The fraction of sp³-hybridized carbons (Fsp3) is 0.312. The Labute approximate surface area is 310 Å². The first-order chi connectivity index (χ1) is 24.8. The molecule has 0 amide bonds. The molecule has 4 nitrogen and oxygen atoms in total. The van der Waals surface area contributed by atoms with Gasteiger partial charge in [0, 0.05) is 45.0 Å². The van der Waals surface area contributed by atoms with Crippen molar-refractivity contribution >= 4 is 21.8 Å². The van der Waals surface area contributed by atoms with Crippen molar-refractivity contribution in [3.63, 3.8) is 0 Å². The molecule has 0 saturated heterocycles. The summed E-state index contributed by atoms with van der Waals surface area (Å²) in [5.41, 5.74) is 12.6. The third kappa shape index (κ3) is 7.87. The third-order valence-corrected chi connectivity index (χ3v) is 10.2. The smallest absolute Gasteiger partial charge is 0.164 e. The highest BCUT2D eigenvalue weighted by atomic mass is 15.0. The fourth-order valence-electron chi connectivity index (χ4n) is 7.13. The first-order valence-corrected chi connectivity index (χ1v) is 18.9. The minimum Gasteiger partial charge on any atom is -0.340 e. The number of aryl methyl sites for hydroxylation is 5. The summed E-state index contributed by atoms with van der Waals surface area (Å²) in [6, 6.07) is 39.8. The van der Waals surface area contributed by atoms with Gasteiger partial charge in [0.15, 0.2) is 17.5 Å². The van der Waals surface area contributed by atoms with Crippen molar-refractivity contribution in [3.8, 4) is 34.2 Å². The van der Waals surface area contributed by atoms with Crippen molar-refractivity contribution < 1.29 is 0 Å². The Balaban J connectivity index is 1.15. The molecule has 0 atom stereocenters. The first-order valence-electron chi connectivity index (χ1n) is 18.9. The maximum absolute atomic E-state index is 4.97. The third-order valence-electron chi connectivity index (χ3n) is 10.2. The number of nitrogens with zero attached hydrogens (tertiary/aromatic N) is 4. The highest BCUT2D eigenvalue weighted by Gasteiger charge is 2.19. The van der Waals surface area contributed by atoms with E-state index in [0.29, 0.717) is 22.9 Å². The lowest BCUT2D eigenvalue weighted by Gasteiger charge is -2.19. The molecular formula is C48H52N4. The van der Waals surface area contributed by atoms with Crippen molar-refractivity contribution in [2.45, 2.75) is 93.0 Å². The zero-order chi connectivity index (χ0) is 36.6. The van der Waals surface area contributed by atoms with Gasteiger partial charge in [-0.3, -0.25) is 0 Å². The Bertz CT molecular complexity index is 2300. The lowest BCUT2D eigenvalue weighted by molar-refractivity contribution is 0.378. The lowest BCUT2D eigenvalue weighted by Crippen LogP contribution is -2.10. The second kappa shape index (κ2) is 14.1. The van der Waals surface area contributed by atoms with Gasteiger partial charge in [-0.15, -0.1) is 0 Å². The van der Waals surface area contributed by atoms with Crippen LogP contribution in [0.3, 0.4) is 0 Å². The van der Waals surface area contributed by atoms with Gasteiger partial charge < -0.3 is 4.57 Å². The summed E-state index contributed by atoms with van der Waals surface area (Å²) in [5, 5.41) is 2.75. The molecule has 0 unspecified atom stereocenters. The minimum atomic E-state index is 0.101. The average Bonchev–Trinajstić information content (AvgIpc) is 3.42. The quantitative estimate of drug-likeness (QED) is 0.152. The van der Waals surface area contributed by atoms with Crippen LogP contribution in [0.1, 0.15) is 82.2 Å². The van der Waals surface area contributed by atoms with Crippen LogP contribution >= 0.6 is 0 Å². The van der Waals surface area contributed by atoms with E-state index in [1.165, 1.54) is 56.0 Å². The Morgan fingerprint density at radius 3 is 1.62 bits per heavy atom. The molecule has 0 saturated carbocycles. The molecule has 0 fully saturated rings. The highest BCUT2D eigenvalue weighted by Crippen LogP contribution is 2.35. The molecule has 0 radical (unpaired) electrons. The summed E-state index contributed by atoms with van der Waals surface area (Å²) in [5.74, 6) is 2.07. The standard InChI is InChI=1S/C48H52N4/c1-32-12-9-15-37(28-32)45-49-44(50-46(51-45)38-16-10-13-33(2)29-38)36-20-17-34(18-21-36)14-11-27-52-42-23-19-35(25-26-47(3,4)5)30-40(42)41-31-39(48(6,7)8)22-24-43(41)52/h9-10,12-13,15-24,28-31H,11,14,25-27H2,1-8H3. The normalized spacial score (nSPS) is 12.2. The van der Waals surface area contributed by atoms with Crippen LogP contribution < -0.4 is 0 Å². The summed E-state index contributed by atoms with van der Waals surface area (Å²) in [6.45, 7) is 19.1. The van der Waals surface area contributed by atoms with Crippen molar-refractivity contribution in [2.24, 2.45) is 5.41 Å². The van der Waals surface area contributed by atoms with E-state index in [-0.39, 0.29) is 5.41 Å². The molecule has 2 aromatic heterocycles. The van der Waals surface area contributed by atoms with Gasteiger partial charge in [-0.2, -0.15) is 0 Å². The summed E-state index contributed by atoms with van der Waals surface area (Å²) in [7, 11) is 0. The molecule has 2 heterocycles. The topological polar surface area (TPSA) is 43.6 Å². The van der Waals surface area contributed by atoms with Crippen molar-refractivity contribution in [2.75, 3.05) is 0 Å². The Kier molecular flexibility index (Phi) is 9.61. The number of hydrogen-bond acceptors (Lipinski definition) is 3. The highest BCUT2D eigenvalue weighted by molar-refractivity contribution is 6.08. The molecule has 7 rings (SSSR count). The van der Waals surface area contributed by atoms with Gasteiger partial charge in [0.2, 0.25) is 0 Å². The minimum absolute atomic E-state index is 0.101. The van der Waals surface area contributed by atoms with Crippen LogP contribution in [-0.2, 0) is 24.8 Å². The lowest BCUT2D eigenvalue weighted by atomic mass is 9.86. The maximum Gasteiger partial charge on any atom is 0.164 e. The molecule has 0 aliphatic rings. The molecule has 4 heteroatoms. The monoisotopic (exact) mass is 684 g/mol. The van der Waals surface area contributed by atoms with Gasteiger partial charge in [-0.1, -0.05) is 125 Å². The van der Waals surface area contributed by atoms with E-state index in [2.05, 4.69) is 169 Å². The number of aromatic nitrogens is 4. The fourth-order valence-corrected chi connectivity index (χ4v) is 7.13. The van der Waals surface area contributed by atoms with E-state index in [9.17, 15) is 0 Å². The summed E-state index contributed by atoms with van der Waals surface area (Å²) >= 11 is 0. The zero-order valence-electron chi connectivity index (χ0n) is 32.2. The zero-order valence-corrected chi connectivity index (χ0v) is 32.2. The van der Waals surface area contributed by atoms with Crippen LogP contribution in [0.25, 0.3) is 56.0 Å². The maximum atomic E-state index is 4.97. The molecule has 52 heavy (non-hydrogen) atoms. The van der Waals surface area contributed by atoms with Crippen LogP contribution in [0.5, 0.6) is 0 Å². The van der Waals surface area contributed by atoms with Crippen LogP contribution in [0.15, 0.2) is 109 Å². The van der Waals surface area contributed by atoms with Gasteiger partial charge >= 0.3 is 0 Å². The predicted molar refractivity (Wildman–Crippen MR) is 220 cm³/mol. The summed E-state index contributed by atoms with van der Waals surface area (Å²) in [4.78, 5) is 14.9. The molecular weight excluding hydrogens is 633 g/mol. The molecule has 0 spiro atoms. The van der Waals surface area contributed by atoms with Crippen molar-refractivity contribution in [1.82, 2.24) is 19.5 Å². The van der Waals surface area contributed by atoms with Gasteiger partial charge in [0.1, 0.15) is 0 Å². The number of rotatable bonds is 9. The first kappa shape index (κ1) is 35.3. The van der Waals surface area contributed by atoms with E-state index < -0.39 is 0 Å². The second-order valence-electron chi connectivity index (χ2n) is 16.9. The summed E-state index contributed by atoms with van der Waals surface area (Å²) < 4.78 is 2.55. The van der Waals surface area contributed by atoms with Gasteiger partial charge in [0.25, 0.3) is 0 Å². The van der Waals surface area contributed by atoms with Crippen molar-refractivity contribution in [1.29, 1.82) is 0 Å². The van der Waals surface area contributed by atoms with Gasteiger partial charge in [-0.05, 0) is 103 Å². The summed E-state index contributed by atoms with van der Waals surface area (Å²) in [6.07, 6.45) is 4.32. The van der Waals surface area contributed by atoms with Crippen molar-refractivity contribution in [3.05, 3.63) is 137 Å². The van der Waals surface area contributed by atoms with Gasteiger partial charge in [0.05, 0.1) is 0 Å². The molecule has 5 aromatic carbocycles. The van der Waals surface area contributed by atoms with Gasteiger partial charge in [-0.25, -0.2) is 15.0 Å². The van der Waals surface area contributed by atoms with E-state index >= 15 is 0 Å². The molecule has 0 aliphatic heterocycles. The Hall–Kier alpha value is -5.09. The van der Waals surface area contributed by atoms with E-state index in [1.807, 2.05) is 0 Å². The molecule has 7 aromatic rings. The van der Waals surface area contributed by atoms with E-state index in [0.717, 1.165) is 42.5 Å². The van der Waals surface area contributed by atoms with Crippen LogP contribution in [0, 0.1) is 19.3 Å². The van der Waals surface area contributed by atoms with E-state index in [1.54, 1.807) is 0 Å². The molecule has 0 bridgehead atoms. The molecule has 264 valence electrons. The Morgan fingerprint density at radius 1 is 0.519 bits per heavy atom. The van der Waals surface area contributed by atoms with E-state index in [4.69, 9.17) is 15.0 Å². The molecule has 0 N–H and O–H groups in total. The second-order valence-corrected chi connectivity index (χ2v) is 16.9. The molecule has 0 aliphatic carbocycles. The van der Waals surface area contributed by atoms with Crippen LogP contribution in [0.2, 0.25) is 0 Å². The van der Waals surface area contributed by atoms with Crippen LogP contribution in [-0.4, -0.2) is 19.5 Å². The number of benzene rings is 5. The largest absolute Gasteiger partial charge is 0.340 e. The Morgan fingerprint density at radius 2 is 1.06 bits per heavy atom. The predicted octanol–water partition coefficient (Wildman–Crippen LogP) is 12.5. The van der Waals surface area contributed by atoms with Crippen LogP contribution in [0.4, 0.5) is 0 Å². The number of hydrogen-bond donors (Lipinski definition) is 0. The SMILES string of the molecule is Cc1cccc(-c2nc(-c3ccc(CCCn4c5ccc(CCC(C)(C)C)cc5c5cc(C(C)(C)C)ccc54)cc3)nc(-c3cccc(C)c3)n2)c1.